The molecule has 5 heteroatoms. The van der Waals surface area contributed by atoms with Crippen LogP contribution >= 0.6 is 11.8 Å². The Morgan fingerprint density at radius 3 is 2.83 bits per heavy atom. The molecule has 2 aromatic rings. The van der Waals surface area contributed by atoms with E-state index in [9.17, 15) is 4.79 Å². The molecule has 0 bridgehead atoms. The van der Waals surface area contributed by atoms with Crippen LogP contribution in [0.15, 0.2) is 42.9 Å². The SMILES string of the molecule is C[C@H]1SCCN(C(=O)CCc2cncn2C)[C@H]1c1ccccc1. The summed E-state index contributed by atoms with van der Waals surface area (Å²) in [6.07, 6.45) is 4.91. The predicted octanol–water partition coefficient (Wildman–Crippen LogP) is 3.06. The minimum atomic E-state index is 0.175. The monoisotopic (exact) mass is 329 g/mol. The lowest BCUT2D eigenvalue weighted by Crippen LogP contribution is -2.44. The van der Waals surface area contributed by atoms with E-state index in [2.05, 4.69) is 41.1 Å². The number of carbonyl (C=O) groups excluding carboxylic acids is 1. The van der Waals surface area contributed by atoms with Crippen molar-refractivity contribution in [2.24, 2.45) is 7.05 Å². The second-order valence-corrected chi connectivity index (χ2v) is 7.50. The molecule has 0 radical (unpaired) electrons. The standard InChI is InChI=1S/C18H23N3OS/c1-14-18(15-6-4-3-5-7-15)21(10-11-23-14)17(22)9-8-16-12-19-13-20(16)2/h3-7,12-14,18H,8-11H2,1-2H3/t14-,18-/m1/s1. The average Bonchev–Trinajstić information content (AvgIpc) is 2.98. The van der Waals surface area contributed by atoms with Crippen LogP contribution in [0.3, 0.4) is 0 Å². The van der Waals surface area contributed by atoms with Crippen LogP contribution in [-0.2, 0) is 18.3 Å². The normalized spacial score (nSPS) is 21.4. The molecule has 2 atom stereocenters. The molecule has 1 aliphatic rings. The first kappa shape index (κ1) is 16.1. The summed E-state index contributed by atoms with van der Waals surface area (Å²) in [6, 6.07) is 10.6. The third-order valence-electron chi connectivity index (χ3n) is 4.47. The smallest absolute Gasteiger partial charge is 0.223 e. The van der Waals surface area contributed by atoms with Gasteiger partial charge in [-0.3, -0.25) is 4.79 Å². The van der Waals surface area contributed by atoms with Gasteiger partial charge >= 0.3 is 0 Å². The summed E-state index contributed by atoms with van der Waals surface area (Å²) in [6.45, 7) is 3.06. The van der Waals surface area contributed by atoms with Gasteiger partial charge in [0, 0.05) is 42.9 Å². The van der Waals surface area contributed by atoms with Gasteiger partial charge in [-0.1, -0.05) is 37.3 Å². The Hall–Kier alpha value is -1.75. The fraction of sp³-hybridized carbons (Fsp3) is 0.444. The molecule has 2 heterocycles. The van der Waals surface area contributed by atoms with Crippen molar-refractivity contribution in [2.45, 2.75) is 31.1 Å². The molecule has 0 saturated carbocycles. The van der Waals surface area contributed by atoms with Crippen molar-refractivity contribution in [3.8, 4) is 0 Å². The van der Waals surface area contributed by atoms with Gasteiger partial charge in [0.2, 0.25) is 5.91 Å². The lowest BCUT2D eigenvalue weighted by molar-refractivity contribution is -0.133. The zero-order valence-corrected chi connectivity index (χ0v) is 14.5. The maximum Gasteiger partial charge on any atom is 0.223 e. The Morgan fingerprint density at radius 1 is 1.35 bits per heavy atom. The number of carbonyl (C=O) groups is 1. The quantitative estimate of drug-likeness (QED) is 0.865. The largest absolute Gasteiger partial charge is 0.338 e. The van der Waals surface area contributed by atoms with Crippen LogP contribution in [0.1, 0.15) is 30.6 Å². The third kappa shape index (κ3) is 3.61. The number of hydrogen-bond acceptors (Lipinski definition) is 3. The van der Waals surface area contributed by atoms with Gasteiger partial charge < -0.3 is 9.47 Å². The van der Waals surface area contributed by atoms with E-state index in [1.807, 2.05) is 35.6 Å². The molecule has 1 amide bonds. The van der Waals surface area contributed by atoms with Crippen molar-refractivity contribution in [1.29, 1.82) is 0 Å². The number of imidazole rings is 1. The molecular formula is C18H23N3OS. The molecule has 4 nitrogen and oxygen atoms in total. The van der Waals surface area contributed by atoms with E-state index in [0.29, 0.717) is 11.7 Å². The van der Waals surface area contributed by atoms with Gasteiger partial charge in [-0.2, -0.15) is 11.8 Å². The highest BCUT2D eigenvalue weighted by Crippen LogP contribution is 2.36. The number of aromatic nitrogens is 2. The van der Waals surface area contributed by atoms with Gasteiger partial charge in [-0.25, -0.2) is 4.98 Å². The van der Waals surface area contributed by atoms with Crippen molar-refractivity contribution in [1.82, 2.24) is 14.5 Å². The molecule has 122 valence electrons. The van der Waals surface area contributed by atoms with E-state index in [-0.39, 0.29) is 11.9 Å². The summed E-state index contributed by atoms with van der Waals surface area (Å²) < 4.78 is 1.98. The van der Waals surface area contributed by atoms with Gasteiger partial charge in [0.15, 0.2) is 0 Å². The number of nitrogens with zero attached hydrogens (tertiary/aromatic N) is 3. The van der Waals surface area contributed by atoms with Gasteiger partial charge in [-0.15, -0.1) is 0 Å². The topological polar surface area (TPSA) is 38.1 Å². The van der Waals surface area contributed by atoms with E-state index in [1.165, 1.54) is 5.56 Å². The van der Waals surface area contributed by atoms with Crippen LogP contribution in [-0.4, -0.2) is 37.9 Å². The summed E-state index contributed by atoms with van der Waals surface area (Å²) in [5.74, 6) is 1.26. The highest BCUT2D eigenvalue weighted by atomic mass is 32.2. The number of hydrogen-bond donors (Lipinski definition) is 0. The van der Waals surface area contributed by atoms with Crippen LogP contribution in [0, 0.1) is 0 Å². The highest BCUT2D eigenvalue weighted by molar-refractivity contribution is 8.00. The first-order chi connectivity index (χ1) is 11.2. The van der Waals surface area contributed by atoms with Crippen molar-refractivity contribution < 1.29 is 4.79 Å². The molecule has 3 rings (SSSR count). The Bertz CT molecular complexity index is 655. The molecule has 0 spiro atoms. The van der Waals surface area contributed by atoms with Crippen LogP contribution in [0.4, 0.5) is 0 Å². The summed E-state index contributed by atoms with van der Waals surface area (Å²) >= 11 is 1.95. The molecule has 0 N–H and O–H groups in total. The molecule has 1 fully saturated rings. The minimum absolute atomic E-state index is 0.175. The molecule has 0 aliphatic carbocycles. The van der Waals surface area contributed by atoms with Crippen LogP contribution in [0.5, 0.6) is 0 Å². The Balaban J connectivity index is 1.73. The maximum atomic E-state index is 12.8. The number of aryl methyl sites for hydroxylation is 2. The first-order valence-electron chi connectivity index (χ1n) is 8.08. The summed E-state index contributed by atoms with van der Waals surface area (Å²) in [4.78, 5) is 19.0. The fourth-order valence-corrected chi connectivity index (χ4v) is 4.37. The Labute approximate surface area is 141 Å². The van der Waals surface area contributed by atoms with Crippen LogP contribution in [0.2, 0.25) is 0 Å². The van der Waals surface area contributed by atoms with E-state index >= 15 is 0 Å². The lowest BCUT2D eigenvalue weighted by atomic mass is 10.0. The van der Waals surface area contributed by atoms with Crippen molar-refractivity contribution >= 4 is 17.7 Å². The molecule has 1 aliphatic heterocycles. The Kier molecular flexibility index (Phi) is 5.06. The Morgan fingerprint density at radius 2 is 2.13 bits per heavy atom. The summed E-state index contributed by atoms with van der Waals surface area (Å²) in [5.41, 5.74) is 2.34. The van der Waals surface area contributed by atoms with E-state index in [4.69, 9.17) is 0 Å². The van der Waals surface area contributed by atoms with E-state index in [1.54, 1.807) is 6.33 Å². The zero-order valence-electron chi connectivity index (χ0n) is 13.7. The van der Waals surface area contributed by atoms with Crippen molar-refractivity contribution in [3.05, 3.63) is 54.1 Å². The number of benzene rings is 1. The zero-order chi connectivity index (χ0) is 16.2. The van der Waals surface area contributed by atoms with Crippen molar-refractivity contribution in [3.63, 3.8) is 0 Å². The molecule has 1 saturated heterocycles. The van der Waals surface area contributed by atoms with Gasteiger partial charge in [0.05, 0.1) is 12.4 Å². The molecule has 1 aromatic heterocycles. The second kappa shape index (κ2) is 7.21. The minimum Gasteiger partial charge on any atom is -0.338 e. The highest BCUT2D eigenvalue weighted by Gasteiger charge is 2.33. The van der Waals surface area contributed by atoms with E-state index in [0.717, 1.165) is 24.4 Å². The van der Waals surface area contributed by atoms with Gasteiger partial charge in [0.1, 0.15) is 0 Å². The van der Waals surface area contributed by atoms with Crippen LogP contribution < -0.4 is 0 Å². The summed E-state index contributed by atoms with van der Waals surface area (Å²) in [7, 11) is 1.97. The summed E-state index contributed by atoms with van der Waals surface area (Å²) in [5, 5.41) is 0.423. The predicted molar refractivity (Wildman–Crippen MR) is 94.3 cm³/mol. The maximum absolute atomic E-state index is 12.8. The van der Waals surface area contributed by atoms with Crippen molar-refractivity contribution in [2.75, 3.05) is 12.3 Å². The molecular weight excluding hydrogens is 306 g/mol. The third-order valence-corrected chi connectivity index (χ3v) is 5.67. The van der Waals surface area contributed by atoms with Gasteiger partial charge in [0.25, 0.3) is 0 Å². The first-order valence-corrected chi connectivity index (χ1v) is 9.13. The van der Waals surface area contributed by atoms with Gasteiger partial charge in [-0.05, 0) is 12.0 Å². The lowest BCUT2D eigenvalue weighted by Gasteiger charge is -2.40. The number of thioether (sulfide) groups is 1. The average molecular weight is 329 g/mol. The number of rotatable bonds is 4. The molecule has 23 heavy (non-hydrogen) atoms. The second-order valence-electron chi connectivity index (χ2n) is 6.01. The molecule has 1 aromatic carbocycles. The fourth-order valence-electron chi connectivity index (χ4n) is 3.21. The molecule has 0 unspecified atom stereocenters. The number of amides is 1. The van der Waals surface area contributed by atoms with E-state index < -0.39 is 0 Å². The van der Waals surface area contributed by atoms with Crippen LogP contribution in [0.25, 0.3) is 0 Å².